The van der Waals surface area contributed by atoms with Crippen molar-refractivity contribution < 1.29 is 9.18 Å². The lowest BCUT2D eigenvalue weighted by Crippen LogP contribution is -2.31. The van der Waals surface area contributed by atoms with Gasteiger partial charge in [0.2, 0.25) is 5.91 Å². The first-order valence-electron chi connectivity index (χ1n) is 10.3. The first-order chi connectivity index (χ1) is 15.3. The molecule has 32 heavy (non-hydrogen) atoms. The second-order valence-corrected chi connectivity index (χ2v) is 9.84. The summed E-state index contributed by atoms with van der Waals surface area (Å²) in [6.07, 6.45) is 3.61. The molecule has 0 radical (unpaired) electrons. The monoisotopic (exact) mass is 475 g/mol. The van der Waals surface area contributed by atoms with E-state index in [0.29, 0.717) is 22.2 Å². The lowest BCUT2D eigenvalue weighted by molar-refractivity contribution is -0.115. The summed E-state index contributed by atoms with van der Waals surface area (Å²) >= 11 is 6.91. The molecule has 1 unspecified atom stereocenters. The van der Waals surface area contributed by atoms with Gasteiger partial charge in [0.1, 0.15) is 22.1 Å². The third-order valence-corrected chi connectivity index (χ3v) is 6.84. The lowest BCUT2D eigenvalue weighted by Gasteiger charge is -2.15. The Hall–Kier alpha value is -2.72. The Bertz CT molecular complexity index is 1370. The van der Waals surface area contributed by atoms with Crippen molar-refractivity contribution in [2.45, 2.75) is 54.8 Å². The number of carbonyl (C=O) groups excluding carboxylic acids is 1. The fourth-order valence-electron chi connectivity index (χ4n) is 3.45. The number of carbonyl (C=O) groups is 1. The molecule has 166 valence electrons. The molecule has 2 heterocycles. The molecule has 2 aliphatic rings. The molecular formula is C21H19ClFN5O3S. The maximum atomic E-state index is 13.4. The number of benzene rings is 1. The van der Waals surface area contributed by atoms with Crippen LogP contribution in [0.4, 0.5) is 10.1 Å². The van der Waals surface area contributed by atoms with E-state index < -0.39 is 22.3 Å². The van der Waals surface area contributed by atoms with Crippen LogP contribution in [0.5, 0.6) is 0 Å². The number of amides is 1. The highest BCUT2D eigenvalue weighted by molar-refractivity contribution is 8.00. The fraction of sp³-hybridized carbons (Fsp3) is 0.381. The molecule has 0 saturated heterocycles. The van der Waals surface area contributed by atoms with E-state index in [4.69, 9.17) is 11.6 Å². The van der Waals surface area contributed by atoms with Crippen LogP contribution in [0, 0.1) is 5.82 Å². The predicted octanol–water partition coefficient (Wildman–Crippen LogP) is 3.60. The standard InChI is InChI=1S/C21H19ClFN5O3S/c1-9(18(29)24-11-4-7-14(23)13(22)8-11)32-20-15-17(25-16(26-20)10-2-3-10)28(12-5-6-12)21(31)27-19(15)30/h4,7-10,12H,2-3,5-6H2,1H3,(H,24,29)(H,27,30,31). The van der Waals surface area contributed by atoms with Crippen LogP contribution in [0.25, 0.3) is 11.0 Å². The molecule has 5 rings (SSSR count). The molecule has 2 aliphatic carbocycles. The zero-order valence-electron chi connectivity index (χ0n) is 17.0. The highest BCUT2D eigenvalue weighted by Gasteiger charge is 2.33. The van der Waals surface area contributed by atoms with Crippen molar-refractivity contribution in [3.05, 3.63) is 55.7 Å². The van der Waals surface area contributed by atoms with Crippen LogP contribution in [0.1, 0.15) is 50.4 Å². The van der Waals surface area contributed by atoms with Gasteiger partial charge in [-0.2, -0.15) is 0 Å². The first kappa shape index (κ1) is 21.1. The van der Waals surface area contributed by atoms with Gasteiger partial charge in [-0.1, -0.05) is 23.4 Å². The van der Waals surface area contributed by atoms with Gasteiger partial charge in [-0.15, -0.1) is 0 Å². The zero-order chi connectivity index (χ0) is 22.6. The first-order valence-corrected chi connectivity index (χ1v) is 11.6. The SMILES string of the molecule is CC(Sc1nc(C2CC2)nc2c1c(=O)[nH]c(=O)n2C1CC1)C(=O)Nc1ccc(F)c(Cl)c1. The molecule has 2 saturated carbocycles. The van der Waals surface area contributed by atoms with Crippen LogP contribution in [-0.4, -0.2) is 30.7 Å². The second-order valence-electron chi connectivity index (χ2n) is 8.10. The summed E-state index contributed by atoms with van der Waals surface area (Å²) in [5, 5.41) is 2.55. The number of aromatic nitrogens is 4. The summed E-state index contributed by atoms with van der Waals surface area (Å²) in [4.78, 5) is 49.5. The number of nitrogens with one attached hydrogen (secondary N) is 2. The smallest absolute Gasteiger partial charge is 0.325 e. The van der Waals surface area contributed by atoms with Gasteiger partial charge >= 0.3 is 5.69 Å². The van der Waals surface area contributed by atoms with Crippen molar-refractivity contribution in [3.8, 4) is 0 Å². The Morgan fingerprint density at radius 2 is 2.03 bits per heavy atom. The summed E-state index contributed by atoms with van der Waals surface area (Å²) in [6.45, 7) is 1.68. The average molecular weight is 476 g/mol. The molecule has 0 spiro atoms. The van der Waals surface area contributed by atoms with E-state index in [2.05, 4.69) is 20.3 Å². The normalized spacial score (nSPS) is 16.8. The molecule has 11 heteroatoms. The van der Waals surface area contributed by atoms with E-state index in [-0.39, 0.29) is 28.3 Å². The van der Waals surface area contributed by atoms with Crippen molar-refractivity contribution >= 4 is 46.0 Å². The molecule has 2 N–H and O–H groups in total. The van der Waals surface area contributed by atoms with Gasteiger partial charge in [-0.25, -0.2) is 19.2 Å². The summed E-state index contributed by atoms with van der Waals surface area (Å²) in [6, 6.07) is 3.94. The minimum absolute atomic E-state index is 0.0191. The number of thioether (sulfide) groups is 1. The average Bonchev–Trinajstić information content (AvgIpc) is 3.63. The Balaban J connectivity index is 1.51. The summed E-state index contributed by atoms with van der Waals surface area (Å²) in [5.41, 5.74) is -0.343. The van der Waals surface area contributed by atoms with E-state index in [1.54, 1.807) is 11.5 Å². The van der Waals surface area contributed by atoms with Gasteiger partial charge in [0.15, 0.2) is 5.65 Å². The Kier molecular flexibility index (Phi) is 5.29. The molecule has 1 amide bonds. The summed E-state index contributed by atoms with van der Waals surface area (Å²) < 4.78 is 14.9. The molecule has 0 bridgehead atoms. The minimum Gasteiger partial charge on any atom is -0.325 e. The van der Waals surface area contributed by atoms with Crippen LogP contribution in [0.3, 0.4) is 0 Å². The molecule has 2 fully saturated rings. The van der Waals surface area contributed by atoms with Crippen molar-refractivity contribution in [3.63, 3.8) is 0 Å². The molecule has 1 aromatic carbocycles. The van der Waals surface area contributed by atoms with Crippen molar-refractivity contribution in [2.24, 2.45) is 0 Å². The highest BCUT2D eigenvalue weighted by atomic mass is 35.5. The minimum atomic E-state index is -0.635. The zero-order valence-corrected chi connectivity index (χ0v) is 18.6. The fourth-order valence-corrected chi connectivity index (χ4v) is 4.58. The molecular weight excluding hydrogens is 457 g/mol. The van der Waals surface area contributed by atoms with Crippen LogP contribution < -0.4 is 16.6 Å². The summed E-state index contributed by atoms with van der Waals surface area (Å²) in [5.74, 6) is -0.138. The number of aromatic amines is 1. The third kappa shape index (κ3) is 4.04. The van der Waals surface area contributed by atoms with E-state index in [1.807, 2.05) is 0 Å². The molecule has 1 atom stereocenters. The maximum Gasteiger partial charge on any atom is 0.330 e. The third-order valence-electron chi connectivity index (χ3n) is 5.47. The number of hydrogen-bond donors (Lipinski definition) is 2. The largest absolute Gasteiger partial charge is 0.330 e. The second kappa shape index (κ2) is 8.00. The van der Waals surface area contributed by atoms with E-state index >= 15 is 0 Å². The van der Waals surface area contributed by atoms with Gasteiger partial charge < -0.3 is 5.32 Å². The van der Waals surface area contributed by atoms with Gasteiger partial charge in [-0.3, -0.25) is 19.1 Å². The number of anilines is 1. The number of halogens is 2. The van der Waals surface area contributed by atoms with E-state index in [1.165, 1.54) is 18.2 Å². The van der Waals surface area contributed by atoms with Gasteiger partial charge in [0.05, 0.1) is 10.3 Å². The number of hydrogen-bond acceptors (Lipinski definition) is 6. The van der Waals surface area contributed by atoms with Crippen LogP contribution in [0.2, 0.25) is 5.02 Å². The predicted molar refractivity (Wildman–Crippen MR) is 120 cm³/mol. The molecule has 3 aromatic rings. The topological polar surface area (TPSA) is 110 Å². The van der Waals surface area contributed by atoms with Crippen LogP contribution in [-0.2, 0) is 4.79 Å². The Morgan fingerprint density at radius 3 is 2.69 bits per heavy atom. The molecule has 0 aliphatic heterocycles. The molecule has 8 nitrogen and oxygen atoms in total. The number of nitrogens with zero attached hydrogens (tertiary/aromatic N) is 3. The summed E-state index contributed by atoms with van der Waals surface area (Å²) in [7, 11) is 0. The lowest BCUT2D eigenvalue weighted by atomic mass is 10.3. The van der Waals surface area contributed by atoms with Gasteiger partial charge in [-0.05, 0) is 50.8 Å². The van der Waals surface area contributed by atoms with E-state index in [9.17, 15) is 18.8 Å². The van der Waals surface area contributed by atoms with Crippen molar-refractivity contribution in [1.82, 2.24) is 19.5 Å². The Morgan fingerprint density at radius 1 is 1.28 bits per heavy atom. The van der Waals surface area contributed by atoms with Crippen molar-refractivity contribution in [2.75, 3.05) is 5.32 Å². The number of H-pyrrole nitrogens is 1. The number of rotatable bonds is 6. The van der Waals surface area contributed by atoms with Crippen LogP contribution in [0.15, 0.2) is 32.8 Å². The highest BCUT2D eigenvalue weighted by Crippen LogP contribution is 2.41. The van der Waals surface area contributed by atoms with E-state index in [0.717, 1.165) is 37.4 Å². The number of fused-ring (bicyclic) bond motifs is 1. The van der Waals surface area contributed by atoms with Crippen LogP contribution >= 0.6 is 23.4 Å². The quantitative estimate of drug-likeness (QED) is 0.416. The van der Waals surface area contributed by atoms with Gasteiger partial charge in [0.25, 0.3) is 5.56 Å². The van der Waals surface area contributed by atoms with Gasteiger partial charge in [0, 0.05) is 17.6 Å². The van der Waals surface area contributed by atoms with Crippen molar-refractivity contribution in [1.29, 1.82) is 0 Å². The maximum absolute atomic E-state index is 13.4. The Labute approximate surface area is 190 Å². The molecule has 2 aromatic heterocycles.